The van der Waals surface area contributed by atoms with Crippen molar-refractivity contribution in [2.45, 2.75) is 24.3 Å². The lowest BCUT2D eigenvalue weighted by molar-refractivity contribution is 0.465. The minimum absolute atomic E-state index is 0.616. The molecule has 0 unspecified atom stereocenters. The number of thioether (sulfide) groups is 1. The summed E-state index contributed by atoms with van der Waals surface area (Å²) in [5, 5.41) is 3.48. The van der Waals surface area contributed by atoms with Crippen molar-refractivity contribution in [3.8, 4) is 0 Å². The number of nitrogens with zero attached hydrogens (tertiary/aromatic N) is 2. The van der Waals surface area contributed by atoms with Crippen molar-refractivity contribution in [3.05, 3.63) is 16.2 Å². The van der Waals surface area contributed by atoms with Gasteiger partial charge >= 0.3 is 0 Å². The van der Waals surface area contributed by atoms with Crippen LogP contribution in [0.25, 0.3) is 0 Å². The number of aromatic nitrogens is 1. The Balaban J connectivity index is 2.06. The number of piperazine rings is 1. The zero-order valence-corrected chi connectivity index (χ0v) is 12.3. The summed E-state index contributed by atoms with van der Waals surface area (Å²) in [6.07, 6.45) is 3.18. The molecule has 0 bridgehead atoms. The minimum Gasteiger partial charge on any atom is -0.350 e. The molecule has 1 saturated heterocycles. The maximum Gasteiger partial charge on any atom is 0.142 e. The summed E-state index contributed by atoms with van der Waals surface area (Å²) in [4.78, 5) is 8.51. The Morgan fingerprint density at radius 2 is 2.47 bits per heavy atom. The van der Waals surface area contributed by atoms with Crippen molar-refractivity contribution in [2.75, 3.05) is 30.3 Å². The molecule has 0 radical (unpaired) electrons. The van der Waals surface area contributed by atoms with Crippen LogP contribution in [-0.4, -0.2) is 36.4 Å². The lowest BCUT2D eigenvalue weighted by Crippen LogP contribution is -2.51. The van der Waals surface area contributed by atoms with E-state index in [1.165, 1.54) is 28.5 Å². The molecule has 0 saturated carbocycles. The highest BCUT2D eigenvalue weighted by Crippen LogP contribution is 2.39. The van der Waals surface area contributed by atoms with Gasteiger partial charge in [0.25, 0.3) is 0 Å². The fourth-order valence-corrected chi connectivity index (χ4v) is 4.17. The number of hydrogen-bond acceptors (Lipinski definition) is 4. The molecule has 0 amide bonds. The van der Waals surface area contributed by atoms with Gasteiger partial charge in [-0.2, -0.15) is 0 Å². The van der Waals surface area contributed by atoms with E-state index in [2.05, 4.69) is 38.1 Å². The Kier molecular flexibility index (Phi) is 3.32. The lowest BCUT2D eigenvalue weighted by Gasteiger charge is -2.36. The number of rotatable bonds is 0. The summed E-state index contributed by atoms with van der Waals surface area (Å²) in [7, 11) is 0. The molecule has 17 heavy (non-hydrogen) atoms. The van der Waals surface area contributed by atoms with Gasteiger partial charge in [-0.05, 0) is 34.8 Å². The van der Waals surface area contributed by atoms with E-state index >= 15 is 0 Å². The van der Waals surface area contributed by atoms with Crippen LogP contribution in [0.2, 0.25) is 0 Å². The first-order valence-corrected chi connectivity index (χ1v) is 7.80. The molecule has 0 spiro atoms. The van der Waals surface area contributed by atoms with Gasteiger partial charge < -0.3 is 10.2 Å². The van der Waals surface area contributed by atoms with Gasteiger partial charge in [-0.1, -0.05) is 0 Å². The van der Waals surface area contributed by atoms with Crippen LogP contribution >= 0.6 is 27.7 Å². The lowest BCUT2D eigenvalue weighted by atomic mass is 10.1. The highest BCUT2D eigenvalue weighted by atomic mass is 79.9. The fourth-order valence-electron chi connectivity index (χ4n) is 2.52. The Morgan fingerprint density at radius 3 is 3.35 bits per heavy atom. The van der Waals surface area contributed by atoms with Crippen LogP contribution in [0.4, 0.5) is 5.82 Å². The molecule has 1 aromatic rings. The minimum atomic E-state index is 0.616. The van der Waals surface area contributed by atoms with Gasteiger partial charge in [0, 0.05) is 42.1 Å². The van der Waals surface area contributed by atoms with E-state index in [1.54, 1.807) is 0 Å². The molecule has 92 valence electrons. The molecule has 3 heterocycles. The Hall–Kier alpha value is -0.260. The van der Waals surface area contributed by atoms with Gasteiger partial charge in [-0.3, -0.25) is 0 Å². The van der Waals surface area contributed by atoms with Crippen LogP contribution in [0.15, 0.2) is 15.6 Å². The van der Waals surface area contributed by atoms with Gasteiger partial charge in [-0.15, -0.1) is 11.8 Å². The van der Waals surface area contributed by atoms with E-state index in [0.717, 1.165) is 24.1 Å². The second-order valence-electron chi connectivity index (χ2n) is 4.57. The van der Waals surface area contributed by atoms with Crippen LogP contribution in [0.1, 0.15) is 12.0 Å². The molecular formula is C12H16BrN3S. The van der Waals surface area contributed by atoms with Gasteiger partial charge in [-0.25, -0.2) is 4.98 Å². The van der Waals surface area contributed by atoms with E-state index in [4.69, 9.17) is 0 Å². The number of fused-ring (bicyclic) bond motifs is 3. The SMILES string of the molecule is Cc1c(Br)cnc2c1SCC[C@H]1CNCCN21. The fraction of sp³-hybridized carbons (Fsp3) is 0.583. The number of pyridine rings is 1. The molecule has 0 aromatic carbocycles. The summed E-state index contributed by atoms with van der Waals surface area (Å²) >= 11 is 5.54. The van der Waals surface area contributed by atoms with Gasteiger partial charge in [0.2, 0.25) is 0 Å². The summed E-state index contributed by atoms with van der Waals surface area (Å²) in [5.74, 6) is 2.38. The third-order valence-corrected chi connectivity index (χ3v) is 5.54. The second-order valence-corrected chi connectivity index (χ2v) is 6.53. The predicted octanol–water partition coefficient (Wildman–Crippen LogP) is 2.43. The van der Waals surface area contributed by atoms with E-state index in [-0.39, 0.29) is 0 Å². The molecule has 1 aromatic heterocycles. The number of anilines is 1. The predicted molar refractivity (Wildman–Crippen MR) is 76.0 cm³/mol. The van der Waals surface area contributed by atoms with Crippen molar-refractivity contribution in [2.24, 2.45) is 0 Å². The zero-order valence-electron chi connectivity index (χ0n) is 9.87. The molecule has 5 heteroatoms. The Morgan fingerprint density at radius 1 is 1.59 bits per heavy atom. The third kappa shape index (κ3) is 2.09. The van der Waals surface area contributed by atoms with E-state index in [0.29, 0.717) is 6.04 Å². The van der Waals surface area contributed by atoms with Crippen molar-refractivity contribution in [1.82, 2.24) is 10.3 Å². The maximum atomic E-state index is 4.65. The summed E-state index contributed by atoms with van der Waals surface area (Å²) in [5.41, 5.74) is 1.33. The molecule has 2 aliphatic rings. The van der Waals surface area contributed by atoms with Crippen molar-refractivity contribution in [3.63, 3.8) is 0 Å². The standard InChI is InChI=1S/C12H16BrN3S/c1-8-10(13)7-15-12-11(8)17-5-2-9-6-14-3-4-16(9)12/h7,9,14H,2-6H2,1H3/t9-/m0/s1. The van der Waals surface area contributed by atoms with Gasteiger partial charge in [0.05, 0.1) is 4.90 Å². The van der Waals surface area contributed by atoms with Crippen LogP contribution in [-0.2, 0) is 0 Å². The normalized spacial score (nSPS) is 23.9. The van der Waals surface area contributed by atoms with Crippen molar-refractivity contribution in [1.29, 1.82) is 0 Å². The van der Waals surface area contributed by atoms with Gasteiger partial charge in [0.15, 0.2) is 0 Å². The highest BCUT2D eigenvalue weighted by Gasteiger charge is 2.29. The number of nitrogens with one attached hydrogen (secondary N) is 1. The number of halogens is 1. The largest absolute Gasteiger partial charge is 0.350 e. The zero-order chi connectivity index (χ0) is 11.8. The molecule has 1 N–H and O–H groups in total. The first-order valence-electron chi connectivity index (χ1n) is 6.02. The maximum absolute atomic E-state index is 4.65. The first-order chi connectivity index (χ1) is 8.27. The molecule has 1 fully saturated rings. The summed E-state index contributed by atoms with van der Waals surface area (Å²) < 4.78 is 1.12. The topological polar surface area (TPSA) is 28.2 Å². The first kappa shape index (κ1) is 11.8. The van der Waals surface area contributed by atoms with Crippen LogP contribution < -0.4 is 10.2 Å². The van der Waals surface area contributed by atoms with E-state index in [9.17, 15) is 0 Å². The van der Waals surface area contributed by atoms with Crippen LogP contribution in [0.3, 0.4) is 0 Å². The molecule has 1 atom stereocenters. The van der Waals surface area contributed by atoms with Crippen molar-refractivity contribution >= 4 is 33.5 Å². The van der Waals surface area contributed by atoms with Gasteiger partial charge in [0.1, 0.15) is 5.82 Å². The number of hydrogen-bond donors (Lipinski definition) is 1. The average Bonchev–Trinajstić information content (AvgIpc) is 2.54. The van der Waals surface area contributed by atoms with Crippen molar-refractivity contribution < 1.29 is 0 Å². The third-order valence-electron chi connectivity index (χ3n) is 3.52. The summed E-state index contributed by atoms with van der Waals surface area (Å²) in [6.45, 7) is 5.42. The van der Waals surface area contributed by atoms with E-state index < -0.39 is 0 Å². The second kappa shape index (κ2) is 4.78. The summed E-state index contributed by atoms with van der Waals surface area (Å²) in [6, 6.07) is 0.616. The molecule has 3 rings (SSSR count). The quantitative estimate of drug-likeness (QED) is 0.796. The van der Waals surface area contributed by atoms with Crippen LogP contribution in [0.5, 0.6) is 0 Å². The monoisotopic (exact) mass is 313 g/mol. The molecule has 3 nitrogen and oxygen atoms in total. The highest BCUT2D eigenvalue weighted by molar-refractivity contribution is 9.10. The molecular weight excluding hydrogens is 298 g/mol. The van der Waals surface area contributed by atoms with E-state index in [1.807, 2.05) is 18.0 Å². The Bertz CT molecular complexity index is 438. The van der Waals surface area contributed by atoms with Crippen LogP contribution in [0, 0.1) is 6.92 Å². The molecule has 2 aliphatic heterocycles. The molecule has 0 aliphatic carbocycles. The smallest absolute Gasteiger partial charge is 0.142 e. The Labute approximate surface area is 114 Å². The average molecular weight is 314 g/mol.